The van der Waals surface area contributed by atoms with Crippen LogP contribution in [0.1, 0.15) is 44.9 Å². The zero-order chi connectivity index (χ0) is 21.6. The topological polar surface area (TPSA) is 68.2 Å². The largest absolute Gasteiger partial charge is 0.475 e. The molecule has 0 aliphatic rings. The van der Waals surface area contributed by atoms with Gasteiger partial charge in [-0.05, 0) is 77.2 Å². The van der Waals surface area contributed by atoms with Crippen molar-refractivity contribution in [2.24, 2.45) is 5.41 Å². The number of esters is 1. The summed E-state index contributed by atoms with van der Waals surface area (Å²) in [4.78, 5) is 13.7. The van der Waals surface area contributed by atoms with Gasteiger partial charge in [-0.3, -0.25) is 9.69 Å². The molecule has 0 radical (unpaired) electrons. The number of aliphatic hydroxyl groups is 1. The Bertz CT molecular complexity index is 778. The molecule has 0 amide bonds. The number of carbonyl (C=O) groups excluding carboxylic acids is 1. The van der Waals surface area contributed by atoms with Crippen molar-refractivity contribution in [1.82, 2.24) is 4.90 Å². The van der Waals surface area contributed by atoms with Gasteiger partial charge in [0.15, 0.2) is 0 Å². The number of carbonyl (C=O) groups is 1. The molecule has 0 saturated carbocycles. The Labute approximate surface area is 173 Å². The standard InChI is InChI=1S/C23H31NO5/c1-16(24(5)6)29-20-13-9-18(10-14-20)21(25)17-7-11-19(12-8-17)27-15-28-22(26)23(2,3)4/h7-14,16,21,25H,15H2,1-6H3. The van der Waals surface area contributed by atoms with E-state index in [0.29, 0.717) is 5.75 Å². The smallest absolute Gasteiger partial charge is 0.314 e. The zero-order valence-electron chi connectivity index (χ0n) is 18.0. The molecule has 1 N–H and O–H groups in total. The predicted molar refractivity (Wildman–Crippen MR) is 112 cm³/mol. The van der Waals surface area contributed by atoms with Crippen LogP contribution < -0.4 is 9.47 Å². The summed E-state index contributed by atoms with van der Waals surface area (Å²) in [5.41, 5.74) is 0.935. The normalized spacial score (nSPS) is 13.7. The Morgan fingerprint density at radius 1 is 0.966 bits per heavy atom. The highest BCUT2D eigenvalue weighted by atomic mass is 16.7. The quantitative estimate of drug-likeness (QED) is 0.533. The van der Waals surface area contributed by atoms with Crippen molar-refractivity contribution in [1.29, 1.82) is 0 Å². The van der Waals surface area contributed by atoms with E-state index in [-0.39, 0.29) is 19.0 Å². The lowest BCUT2D eigenvalue weighted by Gasteiger charge is -2.21. The minimum absolute atomic E-state index is 0.0408. The minimum atomic E-state index is -0.761. The van der Waals surface area contributed by atoms with E-state index in [2.05, 4.69) is 0 Å². The van der Waals surface area contributed by atoms with Gasteiger partial charge in [0, 0.05) is 0 Å². The molecule has 2 atom stereocenters. The van der Waals surface area contributed by atoms with Crippen molar-refractivity contribution in [3.63, 3.8) is 0 Å². The maximum absolute atomic E-state index is 11.7. The van der Waals surface area contributed by atoms with Gasteiger partial charge in [-0.25, -0.2) is 0 Å². The van der Waals surface area contributed by atoms with E-state index in [1.807, 2.05) is 50.2 Å². The van der Waals surface area contributed by atoms with Crippen molar-refractivity contribution in [2.75, 3.05) is 20.9 Å². The zero-order valence-corrected chi connectivity index (χ0v) is 18.0. The van der Waals surface area contributed by atoms with E-state index in [1.165, 1.54) is 0 Å². The minimum Gasteiger partial charge on any atom is -0.475 e. The first-order valence-electron chi connectivity index (χ1n) is 9.59. The summed E-state index contributed by atoms with van der Waals surface area (Å²) in [6.45, 7) is 7.17. The van der Waals surface area contributed by atoms with Gasteiger partial charge in [0.25, 0.3) is 0 Å². The molecule has 2 aromatic carbocycles. The van der Waals surface area contributed by atoms with Crippen molar-refractivity contribution in [3.05, 3.63) is 59.7 Å². The number of hydrogen-bond acceptors (Lipinski definition) is 6. The molecular weight excluding hydrogens is 370 g/mol. The van der Waals surface area contributed by atoms with Gasteiger partial charge < -0.3 is 19.3 Å². The molecule has 6 heteroatoms. The highest BCUT2D eigenvalue weighted by molar-refractivity contribution is 5.75. The molecule has 29 heavy (non-hydrogen) atoms. The van der Waals surface area contributed by atoms with Crippen LogP contribution in [0.5, 0.6) is 11.5 Å². The lowest BCUT2D eigenvalue weighted by molar-refractivity contribution is -0.159. The van der Waals surface area contributed by atoms with Crippen LogP contribution >= 0.6 is 0 Å². The lowest BCUT2D eigenvalue weighted by Crippen LogP contribution is -2.30. The van der Waals surface area contributed by atoms with Crippen LogP contribution in [0, 0.1) is 5.41 Å². The Hall–Kier alpha value is -2.57. The maximum Gasteiger partial charge on any atom is 0.314 e. The fourth-order valence-electron chi connectivity index (χ4n) is 2.34. The monoisotopic (exact) mass is 401 g/mol. The molecule has 158 valence electrons. The molecule has 0 saturated heterocycles. The van der Waals surface area contributed by atoms with Crippen LogP contribution in [-0.2, 0) is 9.53 Å². The fourth-order valence-corrected chi connectivity index (χ4v) is 2.34. The average molecular weight is 402 g/mol. The van der Waals surface area contributed by atoms with E-state index in [9.17, 15) is 9.90 Å². The van der Waals surface area contributed by atoms with Crippen LogP contribution in [0.25, 0.3) is 0 Å². The second-order valence-corrected chi connectivity index (χ2v) is 8.17. The maximum atomic E-state index is 11.7. The van der Waals surface area contributed by atoms with Crippen LogP contribution in [0.2, 0.25) is 0 Å². The molecule has 2 unspecified atom stereocenters. The molecule has 0 heterocycles. The summed E-state index contributed by atoms with van der Waals surface area (Å²) in [6.07, 6.45) is -0.802. The van der Waals surface area contributed by atoms with Crippen LogP contribution in [0.4, 0.5) is 0 Å². The highest BCUT2D eigenvalue weighted by Gasteiger charge is 2.23. The third-order valence-corrected chi connectivity index (χ3v) is 4.45. The second kappa shape index (κ2) is 9.76. The summed E-state index contributed by atoms with van der Waals surface area (Å²) in [7, 11) is 3.90. The number of ether oxygens (including phenoxy) is 3. The third-order valence-electron chi connectivity index (χ3n) is 4.45. The molecule has 6 nitrogen and oxygen atoms in total. The molecule has 0 aromatic heterocycles. The van der Waals surface area contributed by atoms with Crippen molar-refractivity contribution in [2.45, 2.75) is 40.0 Å². The van der Waals surface area contributed by atoms with E-state index >= 15 is 0 Å². The van der Waals surface area contributed by atoms with Gasteiger partial charge in [0.05, 0.1) is 5.41 Å². The van der Waals surface area contributed by atoms with Gasteiger partial charge in [0.1, 0.15) is 23.8 Å². The summed E-state index contributed by atoms with van der Waals surface area (Å²) in [6, 6.07) is 14.4. The highest BCUT2D eigenvalue weighted by Crippen LogP contribution is 2.26. The van der Waals surface area contributed by atoms with E-state index in [1.54, 1.807) is 45.0 Å². The van der Waals surface area contributed by atoms with E-state index in [0.717, 1.165) is 16.9 Å². The summed E-state index contributed by atoms with van der Waals surface area (Å²) in [5.74, 6) is 0.983. The Morgan fingerprint density at radius 2 is 1.45 bits per heavy atom. The Kier molecular flexibility index (Phi) is 7.65. The fraction of sp³-hybridized carbons (Fsp3) is 0.435. The summed E-state index contributed by atoms with van der Waals surface area (Å²) >= 11 is 0. The van der Waals surface area contributed by atoms with Crippen LogP contribution in [0.15, 0.2) is 48.5 Å². The van der Waals surface area contributed by atoms with Gasteiger partial charge in [-0.15, -0.1) is 0 Å². The molecule has 2 aromatic rings. The summed E-state index contributed by atoms with van der Waals surface area (Å²) in [5, 5.41) is 10.6. The second-order valence-electron chi connectivity index (χ2n) is 8.17. The van der Waals surface area contributed by atoms with Crippen LogP contribution in [0.3, 0.4) is 0 Å². The molecule has 0 aliphatic heterocycles. The van der Waals surface area contributed by atoms with E-state index in [4.69, 9.17) is 14.2 Å². The lowest BCUT2D eigenvalue weighted by atomic mass is 9.98. The van der Waals surface area contributed by atoms with E-state index < -0.39 is 11.5 Å². The number of hydrogen-bond donors (Lipinski definition) is 1. The van der Waals surface area contributed by atoms with Gasteiger partial charge >= 0.3 is 5.97 Å². The van der Waals surface area contributed by atoms with Gasteiger partial charge in [-0.2, -0.15) is 0 Å². The summed E-state index contributed by atoms with van der Waals surface area (Å²) < 4.78 is 16.3. The van der Waals surface area contributed by atoms with Crippen molar-refractivity contribution in [3.8, 4) is 11.5 Å². The Balaban J connectivity index is 1.93. The van der Waals surface area contributed by atoms with Gasteiger partial charge in [-0.1, -0.05) is 24.3 Å². The molecule has 0 bridgehead atoms. The van der Waals surface area contributed by atoms with Crippen LogP contribution in [-0.4, -0.2) is 43.1 Å². The molecule has 2 rings (SSSR count). The van der Waals surface area contributed by atoms with Gasteiger partial charge in [0.2, 0.25) is 6.79 Å². The molecular formula is C23H31NO5. The number of rotatable bonds is 8. The number of benzene rings is 2. The molecule has 0 fully saturated rings. The number of nitrogens with zero attached hydrogens (tertiary/aromatic N) is 1. The first-order valence-corrected chi connectivity index (χ1v) is 9.59. The predicted octanol–water partition coefficient (Wildman–Crippen LogP) is 3.98. The Morgan fingerprint density at radius 3 is 1.90 bits per heavy atom. The first-order chi connectivity index (χ1) is 13.6. The molecule has 0 spiro atoms. The SMILES string of the molecule is CC(Oc1ccc(C(O)c2ccc(OCOC(=O)C(C)(C)C)cc2)cc1)N(C)C. The van der Waals surface area contributed by atoms with Crippen molar-refractivity contribution >= 4 is 5.97 Å². The third kappa shape index (κ3) is 6.76. The average Bonchev–Trinajstić information content (AvgIpc) is 2.67. The molecule has 0 aliphatic carbocycles. The first kappa shape index (κ1) is 22.7. The number of aliphatic hydroxyl groups excluding tert-OH is 1. The van der Waals surface area contributed by atoms with Crippen molar-refractivity contribution < 1.29 is 24.1 Å².